The summed E-state index contributed by atoms with van der Waals surface area (Å²) in [5, 5.41) is 0. The molecule has 0 saturated carbocycles. The minimum Gasteiger partial charge on any atom is -0.463 e. The van der Waals surface area contributed by atoms with Gasteiger partial charge in [-0.15, -0.1) is 0 Å². The van der Waals surface area contributed by atoms with Crippen molar-refractivity contribution in [1.82, 2.24) is 0 Å². The summed E-state index contributed by atoms with van der Waals surface area (Å²) in [5.41, 5.74) is 0.601. The van der Waals surface area contributed by atoms with Gasteiger partial charge in [0.2, 0.25) is 0 Å². The van der Waals surface area contributed by atoms with Gasteiger partial charge >= 0.3 is 29.8 Å². The van der Waals surface area contributed by atoms with E-state index in [0.717, 1.165) is 0 Å². The molecule has 0 spiro atoms. The second-order valence-corrected chi connectivity index (χ2v) is 15.3. The Bertz CT molecular complexity index is 2200. The molecule has 16 heteroatoms. The monoisotopic (exact) mass is 852 g/mol. The molecule has 0 unspecified atom stereocenters. The molecule has 16 nitrogen and oxygen atoms in total. The number of ether oxygens (including phenoxy) is 11. The lowest BCUT2D eigenvalue weighted by Gasteiger charge is -2.46. The first-order chi connectivity index (χ1) is 29.9. The Labute approximate surface area is 356 Å². The predicted octanol–water partition coefficient (Wildman–Crippen LogP) is 4.84. The molecule has 0 amide bonds. The van der Waals surface area contributed by atoms with E-state index in [4.69, 9.17) is 52.1 Å². The van der Waals surface area contributed by atoms with Gasteiger partial charge in [0.1, 0.15) is 49.8 Å². The van der Waals surface area contributed by atoms with Crippen molar-refractivity contribution in [3.63, 3.8) is 0 Å². The van der Waals surface area contributed by atoms with E-state index in [9.17, 15) is 24.0 Å². The van der Waals surface area contributed by atoms with Gasteiger partial charge in [-0.2, -0.15) is 0 Å². The van der Waals surface area contributed by atoms with Crippen molar-refractivity contribution >= 4 is 29.8 Å². The molecule has 4 aliphatic heterocycles. The summed E-state index contributed by atoms with van der Waals surface area (Å²) in [7, 11) is 0. The normalized spacial score (nSPS) is 29.4. The number of carbonyl (C=O) groups excluding carboxylic acids is 5. The smallest absolute Gasteiger partial charge is 0.338 e. The van der Waals surface area contributed by atoms with Gasteiger partial charge in [-0.05, 0) is 62.4 Å². The lowest BCUT2D eigenvalue weighted by Crippen LogP contribution is -2.65. The number of fused-ring (bicyclic) bond motifs is 4. The van der Waals surface area contributed by atoms with Gasteiger partial charge in [-0.25, -0.2) is 19.2 Å². The maximum Gasteiger partial charge on any atom is 0.338 e. The van der Waals surface area contributed by atoms with E-state index in [1.165, 1.54) is 43.3 Å². The molecule has 62 heavy (non-hydrogen) atoms. The molecule has 4 heterocycles. The highest BCUT2D eigenvalue weighted by atomic mass is 16.8. The molecular weight excluding hydrogens is 808 g/mol. The van der Waals surface area contributed by atoms with Gasteiger partial charge in [0.15, 0.2) is 36.7 Å². The van der Waals surface area contributed by atoms with Crippen LogP contribution in [0.25, 0.3) is 0 Å². The highest BCUT2D eigenvalue weighted by Crippen LogP contribution is 2.45. The molecule has 324 valence electrons. The second kappa shape index (κ2) is 18.5. The fraction of sp³-hybridized carbons (Fsp3) is 0.370. The standard InChI is InChI=1S/C46H44O16/c1-26(47)52-24-31-34-35(37-39(45(55-31)59-34)62-46(2,3)61-37)60-44-38(58-43(51)30-22-14-7-15-23-30)36(57-42(50)29-20-12-6-13-21-29)33(56-41(49)28-18-10-5-11-19-28)32(54-44)25-53-40(48)27-16-8-4-9-17-27/h4-23,31-39,44-45H,24-25H2,1-3H3/t31-,32+,33+,34+,35+,36-,37-,38+,39-,44-,45-/m0/s1. The second-order valence-electron chi connectivity index (χ2n) is 15.3. The SMILES string of the molecule is CC(=O)OC[C@@H]1O[C@H]2O[C@H]1[C@@H](O[C@@H]1O[C@H](COC(=O)c3ccccc3)[C@@H](OC(=O)c3ccccc3)[C@H](OC(=O)c3ccccc3)[C@H]1OC(=O)c1ccccc1)[C@@H]1OC(C)(C)O[C@H]21. The largest absolute Gasteiger partial charge is 0.463 e. The third-order valence-electron chi connectivity index (χ3n) is 10.5. The molecule has 4 aromatic carbocycles. The Balaban J connectivity index is 1.21. The summed E-state index contributed by atoms with van der Waals surface area (Å²) in [5.74, 6) is -5.02. The van der Waals surface area contributed by atoms with Gasteiger partial charge in [0, 0.05) is 6.92 Å². The summed E-state index contributed by atoms with van der Waals surface area (Å²) < 4.78 is 68.1. The molecule has 2 bridgehead atoms. The third kappa shape index (κ3) is 9.55. The molecule has 0 aromatic heterocycles. The van der Waals surface area contributed by atoms with E-state index in [1.54, 1.807) is 98.8 Å². The van der Waals surface area contributed by atoms with Crippen molar-refractivity contribution in [1.29, 1.82) is 0 Å². The lowest BCUT2D eigenvalue weighted by molar-refractivity contribution is -0.330. The number of esters is 5. The van der Waals surface area contributed by atoms with Crippen molar-refractivity contribution < 1.29 is 76.1 Å². The first-order valence-corrected chi connectivity index (χ1v) is 20.1. The quantitative estimate of drug-likeness (QED) is 0.131. The van der Waals surface area contributed by atoms with E-state index in [-0.39, 0.29) is 28.9 Å². The van der Waals surface area contributed by atoms with Gasteiger partial charge < -0.3 is 52.1 Å². The summed E-state index contributed by atoms with van der Waals surface area (Å²) in [6.07, 6.45) is -13.7. The summed E-state index contributed by atoms with van der Waals surface area (Å²) in [4.78, 5) is 67.4. The average molecular weight is 853 g/mol. The maximum absolute atomic E-state index is 14.1. The van der Waals surface area contributed by atoms with Crippen LogP contribution in [0.4, 0.5) is 0 Å². The first kappa shape index (κ1) is 42.7. The van der Waals surface area contributed by atoms with Gasteiger partial charge in [-0.1, -0.05) is 72.8 Å². The van der Waals surface area contributed by atoms with E-state index in [2.05, 4.69) is 0 Å². The van der Waals surface area contributed by atoms with Gasteiger partial charge in [-0.3, -0.25) is 4.79 Å². The number of rotatable bonds is 13. The van der Waals surface area contributed by atoms with E-state index < -0.39 is 110 Å². The highest BCUT2D eigenvalue weighted by Gasteiger charge is 2.64. The zero-order valence-electron chi connectivity index (χ0n) is 33.8. The predicted molar refractivity (Wildman–Crippen MR) is 211 cm³/mol. The van der Waals surface area contributed by atoms with Crippen molar-refractivity contribution in [3.8, 4) is 0 Å². The summed E-state index contributed by atoms with van der Waals surface area (Å²) >= 11 is 0. The van der Waals surface area contributed by atoms with Crippen LogP contribution in [0.5, 0.6) is 0 Å². The van der Waals surface area contributed by atoms with Gasteiger partial charge in [0.05, 0.1) is 22.3 Å². The van der Waals surface area contributed by atoms with Crippen LogP contribution in [-0.2, 0) is 56.9 Å². The molecule has 8 rings (SSSR count). The molecule has 0 aliphatic carbocycles. The van der Waals surface area contributed by atoms with Crippen LogP contribution in [0.15, 0.2) is 121 Å². The summed E-state index contributed by atoms with van der Waals surface area (Å²) in [6.45, 7) is 3.88. The number of carbonyl (C=O) groups is 5. The molecule has 4 aromatic rings. The number of hydrogen-bond acceptors (Lipinski definition) is 16. The molecule has 11 atom stereocenters. The first-order valence-electron chi connectivity index (χ1n) is 20.1. The minimum absolute atomic E-state index is 0.120. The number of benzene rings is 4. The van der Waals surface area contributed by atoms with Crippen molar-refractivity contribution in [3.05, 3.63) is 144 Å². The minimum atomic E-state index is -1.69. The van der Waals surface area contributed by atoms with Crippen LogP contribution in [0, 0.1) is 0 Å². The molecule has 4 saturated heterocycles. The maximum atomic E-state index is 14.1. The van der Waals surface area contributed by atoms with E-state index in [1.807, 2.05) is 0 Å². The van der Waals surface area contributed by atoms with Crippen LogP contribution in [0.3, 0.4) is 0 Å². The Morgan fingerprint density at radius 2 is 0.935 bits per heavy atom. The molecule has 4 aliphatic rings. The van der Waals surface area contributed by atoms with Crippen molar-refractivity contribution in [2.24, 2.45) is 0 Å². The molecule has 0 N–H and O–H groups in total. The van der Waals surface area contributed by atoms with E-state index in [0.29, 0.717) is 0 Å². The zero-order chi connectivity index (χ0) is 43.4. The Morgan fingerprint density at radius 1 is 0.484 bits per heavy atom. The molecule has 4 fully saturated rings. The summed E-state index contributed by atoms with van der Waals surface area (Å²) in [6, 6.07) is 32.2. The topological polar surface area (TPSA) is 187 Å². The highest BCUT2D eigenvalue weighted by molar-refractivity contribution is 5.91. The van der Waals surface area contributed by atoms with Crippen molar-refractivity contribution in [2.45, 2.75) is 94.1 Å². The Morgan fingerprint density at radius 3 is 1.45 bits per heavy atom. The third-order valence-corrected chi connectivity index (χ3v) is 10.5. The zero-order valence-corrected chi connectivity index (χ0v) is 33.8. The van der Waals surface area contributed by atoms with Crippen LogP contribution in [-0.4, -0.2) is 116 Å². The van der Waals surface area contributed by atoms with E-state index >= 15 is 0 Å². The average Bonchev–Trinajstić information content (AvgIpc) is 3.84. The van der Waals surface area contributed by atoms with Crippen LogP contribution in [0.2, 0.25) is 0 Å². The van der Waals surface area contributed by atoms with Gasteiger partial charge in [0.25, 0.3) is 0 Å². The fourth-order valence-corrected chi connectivity index (χ4v) is 7.72. The Hall–Kier alpha value is -6.01. The Kier molecular flexibility index (Phi) is 12.8. The lowest BCUT2D eigenvalue weighted by atomic mass is 9.95. The van der Waals surface area contributed by atoms with Crippen molar-refractivity contribution in [2.75, 3.05) is 13.2 Å². The van der Waals surface area contributed by atoms with Crippen LogP contribution < -0.4 is 0 Å². The van der Waals surface area contributed by atoms with Crippen LogP contribution >= 0.6 is 0 Å². The number of hydrogen-bond donors (Lipinski definition) is 0. The molecule has 0 radical (unpaired) electrons. The van der Waals surface area contributed by atoms with Crippen LogP contribution in [0.1, 0.15) is 62.2 Å². The fourth-order valence-electron chi connectivity index (χ4n) is 7.72. The molecular formula is C46H44O16.